The Morgan fingerprint density at radius 3 is 1.94 bits per heavy atom. The summed E-state index contributed by atoms with van der Waals surface area (Å²) >= 11 is 8.02. The zero-order valence-electron chi connectivity index (χ0n) is 16.9. The van der Waals surface area contributed by atoms with Crippen LogP contribution in [0.15, 0.2) is 12.5 Å². The Bertz CT molecular complexity index is 807. The predicted octanol–water partition coefficient (Wildman–Crippen LogP) is -2.46. The zero-order chi connectivity index (χ0) is 24.3. The van der Waals surface area contributed by atoms with Gasteiger partial charge in [0, 0.05) is 36.2 Å². The summed E-state index contributed by atoms with van der Waals surface area (Å²) in [6.45, 7) is 0. The molecular weight excluding hydrogens is 464 g/mol. The molecule has 0 saturated carbocycles. The number of aliphatic carboxylic acids is 2. The van der Waals surface area contributed by atoms with Gasteiger partial charge in [0.15, 0.2) is 0 Å². The van der Waals surface area contributed by atoms with Crippen LogP contribution in [0.2, 0.25) is 0 Å². The largest absolute Gasteiger partial charge is 0.481 e. The van der Waals surface area contributed by atoms with Crippen LogP contribution in [0.4, 0.5) is 0 Å². The molecular formula is C17H26N6O7S2. The molecule has 1 heterocycles. The monoisotopic (exact) mass is 490 g/mol. The molecule has 0 aliphatic heterocycles. The number of aromatic nitrogens is 2. The third kappa shape index (κ3) is 9.15. The molecule has 0 spiro atoms. The predicted molar refractivity (Wildman–Crippen MR) is 118 cm³/mol. The SMILES string of the molecule is NC(Cc1cnc[nH]1)C(=O)NC(CS)C(=O)NC(CS)C(=O)NC(CCC(=O)O)C(=O)O. The lowest BCUT2D eigenvalue weighted by atomic mass is 10.1. The topological polar surface area (TPSA) is 217 Å². The second-order valence-electron chi connectivity index (χ2n) is 6.71. The van der Waals surface area contributed by atoms with E-state index in [4.69, 9.17) is 15.9 Å². The lowest BCUT2D eigenvalue weighted by Gasteiger charge is -2.23. The Labute approximate surface area is 194 Å². The van der Waals surface area contributed by atoms with Gasteiger partial charge < -0.3 is 36.9 Å². The molecule has 1 aromatic rings. The zero-order valence-corrected chi connectivity index (χ0v) is 18.6. The van der Waals surface area contributed by atoms with Gasteiger partial charge >= 0.3 is 11.9 Å². The van der Waals surface area contributed by atoms with Crippen LogP contribution >= 0.6 is 25.3 Å². The molecule has 8 N–H and O–H groups in total. The second kappa shape index (κ2) is 13.6. The van der Waals surface area contributed by atoms with Crippen molar-refractivity contribution in [3.63, 3.8) is 0 Å². The van der Waals surface area contributed by atoms with Gasteiger partial charge in [0.25, 0.3) is 0 Å². The summed E-state index contributed by atoms with van der Waals surface area (Å²) in [6.07, 6.45) is 2.28. The van der Waals surface area contributed by atoms with Crippen molar-refractivity contribution in [1.29, 1.82) is 0 Å². The van der Waals surface area contributed by atoms with Gasteiger partial charge in [-0.3, -0.25) is 19.2 Å². The van der Waals surface area contributed by atoms with Crippen LogP contribution in [0.3, 0.4) is 0 Å². The minimum atomic E-state index is -1.46. The van der Waals surface area contributed by atoms with Gasteiger partial charge in [-0.25, -0.2) is 9.78 Å². The molecule has 0 aliphatic carbocycles. The van der Waals surface area contributed by atoms with E-state index in [0.717, 1.165) is 0 Å². The summed E-state index contributed by atoms with van der Waals surface area (Å²) in [5, 5.41) is 24.8. The fraction of sp³-hybridized carbons (Fsp3) is 0.529. The number of H-pyrrole nitrogens is 1. The molecule has 0 bridgehead atoms. The fourth-order valence-corrected chi connectivity index (χ4v) is 2.98. The molecule has 3 amide bonds. The molecule has 4 atom stereocenters. The minimum Gasteiger partial charge on any atom is -0.481 e. The van der Waals surface area contributed by atoms with E-state index in [1.807, 2.05) is 0 Å². The summed E-state index contributed by atoms with van der Waals surface area (Å²) in [6, 6.07) is -4.80. The number of thiol groups is 2. The molecule has 13 nitrogen and oxygen atoms in total. The Balaban J connectivity index is 2.68. The highest BCUT2D eigenvalue weighted by molar-refractivity contribution is 7.80. The van der Waals surface area contributed by atoms with Crippen molar-refractivity contribution in [2.24, 2.45) is 5.73 Å². The van der Waals surface area contributed by atoms with E-state index in [2.05, 4.69) is 51.2 Å². The number of nitrogens with one attached hydrogen (secondary N) is 4. The lowest BCUT2D eigenvalue weighted by Crippen LogP contribution is -2.58. The standard InChI is InChI=1S/C17H26N6O7S2/c18-9(3-8-4-19-7-20-8)14(26)22-11(5-31)16(28)23-12(6-32)15(27)21-10(17(29)30)1-2-13(24)25/h4,7,9-12,31-32H,1-3,5-6,18H2,(H,19,20)(H,21,27)(H,22,26)(H,23,28)(H,24,25)(H,29,30). The Hall–Kier alpha value is -2.78. The molecule has 178 valence electrons. The maximum Gasteiger partial charge on any atom is 0.326 e. The number of nitrogens with two attached hydrogens (primary N) is 1. The van der Waals surface area contributed by atoms with Gasteiger partial charge in [0.2, 0.25) is 17.7 Å². The Morgan fingerprint density at radius 1 is 0.969 bits per heavy atom. The summed E-state index contributed by atoms with van der Waals surface area (Å²) in [5.41, 5.74) is 6.46. The average Bonchev–Trinajstić information content (AvgIpc) is 3.25. The molecule has 15 heteroatoms. The van der Waals surface area contributed by atoms with E-state index >= 15 is 0 Å². The highest BCUT2D eigenvalue weighted by Crippen LogP contribution is 2.02. The van der Waals surface area contributed by atoms with E-state index in [9.17, 15) is 24.0 Å². The molecule has 0 saturated heterocycles. The van der Waals surface area contributed by atoms with Crippen LogP contribution in [-0.2, 0) is 30.4 Å². The van der Waals surface area contributed by atoms with Gasteiger partial charge in [-0.05, 0) is 6.42 Å². The summed E-state index contributed by atoms with van der Waals surface area (Å²) < 4.78 is 0. The first-order chi connectivity index (χ1) is 15.1. The lowest BCUT2D eigenvalue weighted by molar-refractivity contribution is -0.143. The number of carboxylic acid groups (broad SMARTS) is 2. The van der Waals surface area contributed by atoms with Crippen molar-refractivity contribution in [3.05, 3.63) is 18.2 Å². The third-order valence-corrected chi connectivity index (χ3v) is 4.95. The van der Waals surface area contributed by atoms with Crippen molar-refractivity contribution in [2.75, 3.05) is 11.5 Å². The molecule has 1 aromatic heterocycles. The maximum atomic E-state index is 12.5. The number of hydrogen-bond acceptors (Lipinski definition) is 9. The molecule has 32 heavy (non-hydrogen) atoms. The van der Waals surface area contributed by atoms with E-state index < -0.39 is 60.2 Å². The molecule has 0 aliphatic rings. The maximum absolute atomic E-state index is 12.5. The number of hydrogen-bond donors (Lipinski definition) is 9. The first-order valence-electron chi connectivity index (χ1n) is 9.39. The van der Waals surface area contributed by atoms with Crippen molar-refractivity contribution in [2.45, 2.75) is 43.4 Å². The number of nitrogens with zero attached hydrogens (tertiary/aromatic N) is 1. The number of rotatable bonds is 14. The van der Waals surface area contributed by atoms with Crippen LogP contribution in [0.5, 0.6) is 0 Å². The molecule has 0 fully saturated rings. The fourth-order valence-electron chi connectivity index (χ4n) is 2.46. The van der Waals surface area contributed by atoms with Gasteiger partial charge in [-0.2, -0.15) is 25.3 Å². The first-order valence-corrected chi connectivity index (χ1v) is 10.7. The molecule has 0 radical (unpaired) electrons. The summed E-state index contributed by atoms with van der Waals surface area (Å²) in [4.78, 5) is 65.7. The van der Waals surface area contributed by atoms with Crippen LogP contribution in [0.25, 0.3) is 0 Å². The molecule has 1 rings (SSSR count). The Kier molecular flexibility index (Phi) is 11.6. The van der Waals surface area contributed by atoms with Gasteiger partial charge in [-0.1, -0.05) is 0 Å². The number of carboxylic acids is 2. The summed E-state index contributed by atoms with van der Waals surface area (Å²) in [7, 11) is 0. The molecule has 0 aromatic carbocycles. The van der Waals surface area contributed by atoms with Crippen molar-refractivity contribution in [3.8, 4) is 0 Å². The first kappa shape index (κ1) is 27.3. The normalized spacial score (nSPS) is 14.5. The van der Waals surface area contributed by atoms with Gasteiger partial charge in [0.1, 0.15) is 18.1 Å². The van der Waals surface area contributed by atoms with Gasteiger partial charge in [0.05, 0.1) is 12.4 Å². The van der Waals surface area contributed by atoms with Crippen LogP contribution in [-0.4, -0.2) is 85.5 Å². The van der Waals surface area contributed by atoms with Gasteiger partial charge in [-0.15, -0.1) is 0 Å². The van der Waals surface area contributed by atoms with E-state index in [1.165, 1.54) is 12.5 Å². The van der Waals surface area contributed by atoms with E-state index in [-0.39, 0.29) is 24.3 Å². The quantitative estimate of drug-likeness (QED) is 0.126. The van der Waals surface area contributed by atoms with Crippen molar-refractivity contribution >= 4 is 54.9 Å². The highest BCUT2D eigenvalue weighted by Gasteiger charge is 2.29. The molecule has 4 unspecified atom stereocenters. The van der Waals surface area contributed by atoms with Crippen molar-refractivity contribution < 1.29 is 34.2 Å². The van der Waals surface area contributed by atoms with E-state index in [1.54, 1.807) is 0 Å². The summed E-state index contributed by atoms with van der Waals surface area (Å²) in [5.74, 6) is -5.18. The number of amides is 3. The van der Waals surface area contributed by atoms with Crippen LogP contribution < -0.4 is 21.7 Å². The van der Waals surface area contributed by atoms with Crippen LogP contribution in [0, 0.1) is 0 Å². The van der Waals surface area contributed by atoms with E-state index in [0.29, 0.717) is 5.69 Å². The second-order valence-corrected chi connectivity index (χ2v) is 7.44. The third-order valence-electron chi connectivity index (χ3n) is 4.22. The minimum absolute atomic E-state index is 0.106. The average molecular weight is 491 g/mol. The Morgan fingerprint density at radius 2 is 1.50 bits per heavy atom. The number of carbonyl (C=O) groups is 5. The number of imidazole rings is 1. The number of aromatic amines is 1. The number of carbonyl (C=O) groups excluding carboxylic acids is 3. The smallest absolute Gasteiger partial charge is 0.326 e. The van der Waals surface area contributed by atoms with Crippen LogP contribution in [0.1, 0.15) is 18.5 Å². The highest BCUT2D eigenvalue weighted by atomic mass is 32.1. The van der Waals surface area contributed by atoms with Crippen molar-refractivity contribution in [1.82, 2.24) is 25.9 Å².